The first-order valence-electron chi connectivity index (χ1n) is 12.7. The molecule has 1 aliphatic carbocycles. The van der Waals surface area contributed by atoms with Gasteiger partial charge in [0.2, 0.25) is 5.91 Å². The number of allylic oxidation sites excluding steroid dienone is 2. The third-order valence-corrected chi connectivity index (χ3v) is 6.85. The Kier molecular flexibility index (Phi) is 8.17. The summed E-state index contributed by atoms with van der Waals surface area (Å²) in [7, 11) is 1.60. The smallest absolute Gasteiger partial charge is 0.225 e. The number of amides is 1. The standard InChI is InChI=1S/C29H34N4O3/c1-4-6-25(34)16-21-7-5-8-23(15-21)26-17-24(18-30)29(31-28(26)22-9-10-22)32-12-13-33(20(2)19-32)27(35)11-14-36-3/h4-8,15,17,20,22H,9-14,16,19H2,1-3H3/b6-4+/t20-/m1/s1. The van der Waals surface area contributed by atoms with Gasteiger partial charge in [0.05, 0.1) is 24.3 Å². The van der Waals surface area contributed by atoms with Crippen molar-refractivity contribution in [3.05, 3.63) is 59.3 Å². The van der Waals surface area contributed by atoms with Crippen LogP contribution in [0.25, 0.3) is 11.1 Å². The van der Waals surface area contributed by atoms with Gasteiger partial charge in [-0.05, 0) is 50.0 Å². The average molecular weight is 487 g/mol. The van der Waals surface area contributed by atoms with Crippen molar-refractivity contribution in [3.8, 4) is 17.2 Å². The number of nitrogens with zero attached hydrogens (tertiary/aromatic N) is 4. The van der Waals surface area contributed by atoms with Crippen LogP contribution in [-0.4, -0.2) is 61.0 Å². The van der Waals surface area contributed by atoms with Crippen LogP contribution in [0.15, 0.2) is 42.5 Å². The van der Waals surface area contributed by atoms with Gasteiger partial charge in [-0.2, -0.15) is 5.26 Å². The molecule has 2 aliphatic rings. The Morgan fingerprint density at radius 3 is 2.72 bits per heavy atom. The number of nitriles is 1. The van der Waals surface area contributed by atoms with Gasteiger partial charge in [-0.15, -0.1) is 0 Å². The van der Waals surface area contributed by atoms with Gasteiger partial charge in [0, 0.05) is 50.7 Å². The van der Waals surface area contributed by atoms with Gasteiger partial charge < -0.3 is 14.5 Å². The molecule has 188 valence electrons. The predicted molar refractivity (Wildman–Crippen MR) is 140 cm³/mol. The Bertz CT molecular complexity index is 1200. The fourth-order valence-corrected chi connectivity index (χ4v) is 4.89. The second kappa shape index (κ2) is 11.5. The number of hydrogen-bond acceptors (Lipinski definition) is 6. The number of hydrogen-bond donors (Lipinski definition) is 0. The van der Waals surface area contributed by atoms with E-state index in [1.807, 2.05) is 49.1 Å². The topological polar surface area (TPSA) is 86.5 Å². The first kappa shape index (κ1) is 25.6. The summed E-state index contributed by atoms with van der Waals surface area (Å²) in [6.07, 6.45) is 6.25. The van der Waals surface area contributed by atoms with E-state index in [2.05, 4.69) is 11.0 Å². The van der Waals surface area contributed by atoms with Crippen LogP contribution in [0.3, 0.4) is 0 Å². The molecule has 36 heavy (non-hydrogen) atoms. The second-order valence-electron chi connectivity index (χ2n) is 9.65. The van der Waals surface area contributed by atoms with Crippen molar-refractivity contribution in [2.75, 3.05) is 38.3 Å². The summed E-state index contributed by atoms with van der Waals surface area (Å²) in [4.78, 5) is 33.8. The highest BCUT2D eigenvalue weighted by Crippen LogP contribution is 2.45. The summed E-state index contributed by atoms with van der Waals surface area (Å²) in [5.41, 5.74) is 4.46. The van der Waals surface area contributed by atoms with Crippen molar-refractivity contribution >= 4 is 17.5 Å². The van der Waals surface area contributed by atoms with Crippen LogP contribution in [0, 0.1) is 11.3 Å². The quantitative estimate of drug-likeness (QED) is 0.492. The van der Waals surface area contributed by atoms with Crippen LogP contribution < -0.4 is 4.90 Å². The molecule has 0 N–H and O–H groups in total. The van der Waals surface area contributed by atoms with Gasteiger partial charge >= 0.3 is 0 Å². The van der Waals surface area contributed by atoms with Crippen molar-refractivity contribution < 1.29 is 14.3 Å². The first-order valence-corrected chi connectivity index (χ1v) is 12.7. The molecule has 4 rings (SSSR count). The first-order chi connectivity index (χ1) is 17.4. The molecule has 1 atom stereocenters. The lowest BCUT2D eigenvalue weighted by Gasteiger charge is -2.41. The summed E-state index contributed by atoms with van der Waals surface area (Å²) in [6.45, 7) is 6.16. The van der Waals surface area contributed by atoms with E-state index in [1.165, 1.54) is 0 Å². The van der Waals surface area contributed by atoms with E-state index in [0.717, 1.165) is 35.2 Å². The number of ketones is 1. The van der Waals surface area contributed by atoms with Gasteiger partial charge in [0.1, 0.15) is 11.9 Å². The van der Waals surface area contributed by atoms with E-state index >= 15 is 0 Å². The third kappa shape index (κ3) is 5.83. The summed E-state index contributed by atoms with van der Waals surface area (Å²) in [5.74, 6) is 1.25. The summed E-state index contributed by atoms with van der Waals surface area (Å²) < 4.78 is 5.06. The molecule has 1 aromatic carbocycles. The molecule has 1 aliphatic heterocycles. The molecule has 2 heterocycles. The Morgan fingerprint density at radius 2 is 2.06 bits per heavy atom. The van der Waals surface area contributed by atoms with E-state index in [4.69, 9.17) is 9.72 Å². The number of ether oxygens (including phenoxy) is 1. The SMILES string of the molecule is C/C=C/C(=O)Cc1cccc(-c2cc(C#N)c(N3CCN(C(=O)CCOC)[C@H](C)C3)nc2C2CC2)c1. The molecular weight excluding hydrogens is 452 g/mol. The van der Waals surface area contributed by atoms with Gasteiger partial charge in [-0.1, -0.05) is 30.3 Å². The minimum Gasteiger partial charge on any atom is -0.384 e. The number of rotatable bonds is 9. The van der Waals surface area contributed by atoms with Crippen LogP contribution in [0.5, 0.6) is 0 Å². The molecule has 1 amide bonds. The summed E-state index contributed by atoms with van der Waals surface area (Å²) in [6, 6.07) is 12.3. The fraction of sp³-hybridized carbons (Fsp3) is 0.448. The summed E-state index contributed by atoms with van der Waals surface area (Å²) >= 11 is 0. The number of methoxy groups -OCH3 is 1. The molecule has 7 heteroatoms. The van der Waals surface area contributed by atoms with Crippen LogP contribution >= 0.6 is 0 Å². The third-order valence-electron chi connectivity index (χ3n) is 6.85. The van der Waals surface area contributed by atoms with Gasteiger partial charge in [-0.3, -0.25) is 9.59 Å². The van der Waals surface area contributed by atoms with E-state index in [1.54, 1.807) is 19.3 Å². The zero-order valence-electron chi connectivity index (χ0n) is 21.4. The lowest BCUT2D eigenvalue weighted by atomic mass is 9.96. The molecule has 2 aromatic rings. The normalized spacial score (nSPS) is 17.9. The number of aromatic nitrogens is 1. The number of anilines is 1. The van der Waals surface area contributed by atoms with Crippen LogP contribution in [0.2, 0.25) is 0 Å². The van der Waals surface area contributed by atoms with Gasteiger partial charge in [0.15, 0.2) is 5.78 Å². The molecule has 1 aromatic heterocycles. The maximum absolute atomic E-state index is 12.6. The van der Waals surface area contributed by atoms with Crippen molar-refractivity contribution in [1.29, 1.82) is 5.26 Å². The van der Waals surface area contributed by atoms with Crippen LogP contribution in [0.4, 0.5) is 5.82 Å². The molecule has 7 nitrogen and oxygen atoms in total. The Balaban J connectivity index is 1.62. The largest absolute Gasteiger partial charge is 0.384 e. The number of benzene rings is 1. The van der Waals surface area contributed by atoms with Crippen LogP contribution in [0.1, 0.15) is 55.8 Å². The Labute approximate surface area is 213 Å². The number of pyridine rings is 1. The van der Waals surface area contributed by atoms with E-state index in [0.29, 0.717) is 56.4 Å². The number of carbonyl (C=O) groups excluding carboxylic acids is 2. The molecule has 0 unspecified atom stereocenters. The maximum Gasteiger partial charge on any atom is 0.225 e. The average Bonchev–Trinajstić information content (AvgIpc) is 3.72. The summed E-state index contributed by atoms with van der Waals surface area (Å²) in [5, 5.41) is 10.1. The highest BCUT2D eigenvalue weighted by molar-refractivity contribution is 5.91. The molecule has 0 radical (unpaired) electrons. The minimum atomic E-state index is 0.0203. The molecule has 0 spiro atoms. The highest BCUT2D eigenvalue weighted by atomic mass is 16.5. The number of carbonyl (C=O) groups is 2. The molecule has 2 fully saturated rings. The van der Waals surface area contributed by atoms with Crippen molar-refractivity contribution in [3.63, 3.8) is 0 Å². The fourth-order valence-electron chi connectivity index (χ4n) is 4.89. The van der Waals surface area contributed by atoms with E-state index in [-0.39, 0.29) is 17.7 Å². The van der Waals surface area contributed by atoms with Crippen molar-refractivity contribution in [2.24, 2.45) is 0 Å². The lowest BCUT2D eigenvalue weighted by Crippen LogP contribution is -2.54. The zero-order valence-corrected chi connectivity index (χ0v) is 21.4. The lowest BCUT2D eigenvalue weighted by molar-refractivity contribution is -0.134. The maximum atomic E-state index is 12.6. The van der Waals surface area contributed by atoms with Crippen LogP contribution in [-0.2, 0) is 20.7 Å². The minimum absolute atomic E-state index is 0.0203. The van der Waals surface area contributed by atoms with Crippen molar-refractivity contribution in [2.45, 2.75) is 51.5 Å². The predicted octanol–water partition coefficient (Wildman–Crippen LogP) is 4.26. The molecule has 0 bridgehead atoms. The van der Waals surface area contributed by atoms with Crippen molar-refractivity contribution in [1.82, 2.24) is 9.88 Å². The molecule has 1 saturated carbocycles. The highest BCUT2D eigenvalue weighted by Gasteiger charge is 2.33. The monoisotopic (exact) mass is 486 g/mol. The molecular formula is C29H34N4O3. The number of piperazine rings is 1. The Hall–Kier alpha value is -3.50. The van der Waals surface area contributed by atoms with Gasteiger partial charge in [-0.25, -0.2) is 4.98 Å². The van der Waals surface area contributed by atoms with E-state index in [9.17, 15) is 14.9 Å². The zero-order chi connectivity index (χ0) is 25.7. The van der Waals surface area contributed by atoms with E-state index < -0.39 is 0 Å². The molecule has 1 saturated heterocycles. The Morgan fingerprint density at radius 1 is 1.25 bits per heavy atom. The van der Waals surface area contributed by atoms with Gasteiger partial charge in [0.25, 0.3) is 0 Å². The second-order valence-corrected chi connectivity index (χ2v) is 9.65.